The lowest BCUT2D eigenvalue weighted by Crippen LogP contribution is -2.38. The number of amides is 1. The summed E-state index contributed by atoms with van der Waals surface area (Å²) in [6, 6.07) is 14.6. The molecule has 1 aliphatic rings. The molecule has 40 heavy (non-hydrogen) atoms. The molecule has 0 aliphatic heterocycles. The lowest BCUT2D eigenvalue weighted by Gasteiger charge is -2.23. The highest BCUT2D eigenvalue weighted by Crippen LogP contribution is 2.34. The molecule has 0 saturated carbocycles. The average molecular weight is 557 g/mol. The molecule has 0 fully saturated rings. The van der Waals surface area contributed by atoms with E-state index in [-0.39, 0.29) is 12.2 Å². The van der Waals surface area contributed by atoms with E-state index in [0.717, 1.165) is 5.56 Å². The van der Waals surface area contributed by atoms with Crippen molar-refractivity contribution in [1.82, 2.24) is 15.2 Å². The second kappa shape index (κ2) is 12.4. The van der Waals surface area contributed by atoms with Crippen LogP contribution in [0.15, 0.2) is 101 Å². The summed E-state index contributed by atoms with van der Waals surface area (Å²) in [4.78, 5) is 39.6. The minimum absolute atomic E-state index is 0.187. The van der Waals surface area contributed by atoms with E-state index >= 15 is 0 Å². The Bertz CT molecular complexity index is 1620. The van der Waals surface area contributed by atoms with Crippen LogP contribution in [0.5, 0.6) is 5.75 Å². The van der Waals surface area contributed by atoms with Crippen molar-refractivity contribution in [2.75, 3.05) is 14.2 Å². The molecule has 1 unspecified atom stereocenters. The number of hydrogen-bond acceptors (Lipinski definition) is 6. The Morgan fingerprint density at radius 1 is 1.10 bits per heavy atom. The van der Waals surface area contributed by atoms with Gasteiger partial charge in [0.05, 0.1) is 19.0 Å². The zero-order valence-electron chi connectivity index (χ0n) is 22.3. The maximum atomic E-state index is 13.7. The van der Waals surface area contributed by atoms with E-state index in [1.165, 1.54) is 30.9 Å². The largest absolute Gasteiger partial charge is 0.495 e. The molecule has 8 nitrogen and oxygen atoms in total. The van der Waals surface area contributed by atoms with Crippen molar-refractivity contribution in [3.63, 3.8) is 0 Å². The van der Waals surface area contributed by atoms with Crippen LogP contribution in [0.4, 0.5) is 0 Å². The van der Waals surface area contributed by atoms with Crippen LogP contribution in [0.3, 0.4) is 0 Å². The standard InChI is InChI=1S/C31H29ClN4O4/c1-19(37)24-11-9-22(32)15-25(24)26-16-30(38)36(18-29(26)40-3)28(13-20-7-5-4-6-8-20)31(39)35-23-10-12-27(33)21(14-23)17-34-2/h4-12,14-18,28,33-34H,13H2,1-3H3,(H,35,39)/b21-17-,33-27?. The van der Waals surface area contributed by atoms with Gasteiger partial charge in [0.25, 0.3) is 5.56 Å². The van der Waals surface area contributed by atoms with Gasteiger partial charge in [0.1, 0.15) is 11.8 Å². The molecule has 204 valence electrons. The minimum Gasteiger partial charge on any atom is -0.495 e. The second-order valence-corrected chi connectivity index (χ2v) is 9.61. The maximum absolute atomic E-state index is 13.7. The van der Waals surface area contributed by atoms with E-state index in [0.29, 0.717) is 44.4 Å². The third kappa shape index (κ3) is 6.30. The molecule has 4 rings (SSSR count). The summed E-state index contributed by atoms with van der Waals surface area (Å²) >= 11 is 6.23. The van der Waals surface area contributed by atoms with Gasteiger partial charge in [-0.1, -0.05) is 41.9 Å². The Balaban J connectivity index is 1.80. The number of nitrogens with one attached hydrogen (secondary N) is 3. The number of pyridine rings is 1. The third-order valence-electron chi connectivity index (χ3n) is 6.44. The minimum atomic E-state index is -0.933. The molecule has 9 heteroatoms. The van der Waals surface area contributed by atoms with Gasteiger partial charge < -0.3 is 20.8 Å². The zero-order chi connectivity index (χ0) is 28.8. The fraction of sp³-hybridized carbons (Fsp3) is 0.161. The number of Topliss-reactive ketones (excluding diaryl/α,β-unsaturated/α-hetero) is 1. The van der Waals surface area contributed by atoms with Crippen molar-refractivity contribution >= 4 is 29.0 Å². The fourth-order valence-corrected chi connectivity index (χ4v) is 4.66. The van der Waals surface area contributed by atoms with Crippen molar-refractivity contribution in [3.05, 3.63) is 123 Å². The lowest BCUT2D eigenvalue weighted by atomic mass is 9.97. The van der Waals surface area contributed by atoms with Crippen LogP contribution in [0.2, 0.25) is 5.02 Å². The zero-order valence-corrected chi connectivity index (χ0v) is 23.1. The molecule has 1 atom stereocenters. The van der Waals surface area contributed by atoms with Gasteiger partial charge in [-0.25, -0.2) is 0 Å². The SMILES string of the molecule is CN/C=C1/C=C(NC(=O)C(Cc2ccccc2)n2cc(OC)c(-c3cc(Cl)ccc3C(C)=O)cc2=O)C=CC1=N. The van der Waals surface area contributed by atoms with Crippen LogP contribution in [0, 0.1) is 5.41 Å². The summed E-state index contributed by atoms with van der Waals surface area (Å²) in [5.74, 6) is -0.298. The van der Waals surface area contributed by atoms with Gasteiger partial charge in [-0.05, 0) is 54.5 Å². The summed E-state index contributed by atoms with van der Waals surface area (Å²) in [5.41, 5.74) is 3.06. The highest BCUT2D eigenvalue weighted by atomic mass is 35.5. The summed E-state index contributed by atoms with van der Waals surface area (Å²) < 4.78 is 6.98. The number of ketones is 1. The van der Waals surface area contributed by atoms with Crippen LogP contribution in [-0.4, -0.2) is 36.1 Å². The topological polar surface area (TPSA) is 113 Å². The number of allylic oxidation sites excluding steroid dienone is 4. The number of ether oxygens (including phenoxy) is 1. The van der Waals surface area contributed by atoms with Gasteiger partial charge in [0.15, 0.2) is 5.78 Å². The van der Waals surface area contributed by atoms with E-state index in [4.69, 9.17) is 21.7 Å². The van der Waals surface area contributed by atoms with Crippen LogP contribution < -0.4 is 20.9 Å². The number of benzene rings is 2. The third-order valence-corrected chi connectivity index (χ3v) is 6.68. The number of aromatic nitrogens is 1. The van der Waals surface area contributed by atoms with Crippen molar-refractivity contribution in [2.45, 2.75) is 19.4 Å². The second-order valence-electron chi connectivity index (χ2n) is 9.18. The summed E-state index contributed by atoms with van der Waals surface area (Å²) in [5, 5.41) is 14.3. The number of rotatable bonds is 9. The molecule has 1 heterocycles. The number of carbonyl (C=O) groups excluding carboxylic acids is 2. The van der Waals surface area contributed by atoms with Gasteiger partial charge in [-0.2, -0.15) is 0 Å². The quantitative estimate of drug-likeness (QED) is 0.326. The first-order valence-corrected chi connectivity index (χ1v) is 12.9. The van der Waals surface area contributed by atoms with Gasteiger partial charge in [-0.15, -0.1) is 0 Å². The number of hydrogen-bond donors (Lipinski definition) is 3. The molecule has 2 aromatic carbocycles. The summed E-state index contributed by atoms with van der Waals surface area (Å²) in [7, 11) is 3.19. The lowest BCUT2D eigenvalue weighted by molar-refractivity contribution is -0.123. The van der Waals surface area contributed by atoms with Gasteiger partial charge >= 0.3 is 0 Å². The first-order chi connectivity index (χ1) is 19.2. The molecule has 1 aromatic heterocycles. The maximum Gasteiger partial charge on any atom is 0.252 e. The van der Waals surface area contributed by atoms with E-state index in [1.807, 2.05) is 30.3 Å². The molecule has 0 spiro atoms. The number of carbonyl (C=O) groups is 2. The molecule has 3 aromatic rings. The Morgan fingerprint density at radius 3 is 2.52 bits per heavy atom. The Kier molecular flexibility index (Phi) is 8.81. The van der Waals surface area contributed by atoms with E-state index < -0.39 is 17.5 Å². The molecule has 0 bridgehead atoms. The highest BCUT2D eigenvalue weighted by Gasteiger charge is 2.26. The predicted octanol–water partition coefficient (Wildman–Crippen LogP) is 4.86. The van der Waals surface area contributed by atoms with E-state index in [1.54, 1.807) is 49.7 Å². The summed E-state index contributed by atoms with van der Waals surface area (Å²) in [6.45, 7) is 1.44. The Hall–Kier alpha value is -4.69. The predicted molar refractivity (Wildman–Crippen MR) is 157 cm³/mol. The number of halogens is 1. The van der Waals surface area contributed by atoms with Crippen molar-refractivity contribution in [3.8, 4) is 16.9 Å². The van der Waals surface area contributed by atoms with Crippen LogP contribution in [-0.2, 0) is 11.2 Å². The van der Waals surface area contributed by atoms with E-state index in [9.17, 15) is 14.4 Å². The first-order valence-electron chi connectivity index (χ1n) is 12.5. The molecule has 1 amide bonds. The normalized spacial score (nSPS) is 14.4. The Labute approximate surface area is 237 Å². The molecular weight excluding hydrogens is 528 g/mol. The van der Waals surface area contributed by atoms with Gasteiger partial charge in [-0.3, -0.25) is 19.0 Å². The van der Waals surface area contributed by atoms with E-state index in [2.05, 4.69) is 10.6 Å². The van der Waals surface area contributed by atoms with Gasteiger partial charge in [0, 0.05) is 53.2 Å². The molecular formula is C31H29ClN4O4. The Morgan fingerprint density at radius 2 is 1.85 bits per heavy atom. The van der Waals surface area contributed by atoms with Crippen molar-refractivity contribution in [1.29, 1.82) is 5.41 Å². The fourth-order valence-electron chi connectivity index (χ4n) is 4.49. The van der Waals surface area contributed by atoms with Crippen LogP contribution in [0.25, 0.3) is 11.1 Å². The monoisotopic (exact) mass is 556 g/mol. The molecule has 0 radical (unpaired) electrons. The van der Waals surface area contributed by atoms with Crippen LogP contribution in [0.1, 0.15) is 28.9 Å². The highest BCUT2D eigenvalue weighted by molar-refractivity contribution is 6.31. The smallest absolute Gasteiger partial charge is 0.252 e. The average Bonchev–Trinajstić information content (AvgIpc) is 2.94. The van der Waals surface area contributed by atoms with Crippen molar-refractivity contribution < 1.29 is 14.3 Å². The number of methoxy groups -OCH3 is 1. The van der Waals surface area contributed by atoms with Gasteiger partial charge in [0.2, 0.25) is 5.91 Å². The molecule has 1 aliphatic carbocycles. The molecule has 0 saturated heterocycles. The first kappa shape index (κ1) is 28.3. The number of nitrogens with zero attached hydrogens (tertiary/aromatic N) is 1. The van der Waals surface area contributed by atoms with Crippen molar-refractivity contribution in [2.24, 2.45) is 0 Å². The summed E-state index contributed by atoms with van der Waals surface area (Å²) in [6.07, 6.45) is 8.30. The molecule has 3 N–H and O–H groups in total. The van der Waals surface area contributed by atoms with Crippen LogP contribution >= 0.6 is 11.6 Å².